The van der Waals surface area contributed by atoms with E-state index in [1.54, 1.807) is 6.08 Å². The van der Waals surface area contributed by atoms with E-state index in [4.69, 9.17) is 4.74 Å². The van der Waals surface area contributed by atoms with Crippen molar-refractivity contribution < 1.29 is 14.6 Å². The first-order valence-corrected chi connectivity index (χ1v) is 7.69. The summed E-state index contributed by atoms with van der Waals surface area (Å²) in [4.78, 5) is 11.2. The van der Waals surface area contributed by atoms with Gasteiger partial charge in [-0.05, 0) is 55.5 Å². The zero-order chi connectivity index (χ0) is 16.8. The molecule has 0 fully saturated rings. The monoisotopic (exact) mass is 310 g/mol. The first-order valence-electron chi connectivity index (χ1n) is 7.69. The summed E-state index contributed by atoms with van der Waals surface area (Å²) in [5.41, 5.74) is 4.69. The Morgan fingerprint density at radius 2 is 1.91 bits per heavy atom. The van der Waals surface area contributed by atoms with Gasteiger partial charge in [-0.15, -0.1) is 6.58 Å². The maximum Gasteiger partial charge on any atom is 0.344 e. The van der Waals surface area contributed by atoms with E-state index >= 15 is 0 Å². The third kappa shape index (κ3) is 4.46. The number of carboxylic acids is 1. The third-order valence-electron chi connectivity index (χ3n) is 3.75. The number of allylic oxidation sites excluding steroid dienone is 1. The maximum atomic E-state index is 11.2. The molecular formula is C20H22O3. The van der Waals surface area contributed by atoms with E-state index < -0.39 is 12.1 Å². The second-order valence-corrected chi connectivity index (χ2v) is 5.65. The Balaban J connectivity index is 2.17. The molecule has 2 aromatic carbocycles. The number of carboxylic acid groups (broad SMARTS) is 1. The normalized spacial score (nSPS) is 11.7. The van der Waals surface area contributed by atoms with E-state index in [9.17, 15) is 9.90 Å². The van der Waals surface area contributed by atoms with Crippen molar-refractivity contribution in [1.29, 1.82) is 0 Å². The molecule has 0 aliphatic heterocycles. The Bertz CT molecular complexity index is 687. The average molecular weight is 310 g/mol. The highest BCUT2D eigenvalue weighted by molar-refractivity contribution is 5.73. The smallest absolute Gasteiger partial charge is 0.344 e. The number of carbonyl (C=O) groups is 1. The van der Waals surface area contributed by atoms with Gasteiger partial charge in [-0.3, -0.25) is 0 Å². The Labute approximate surface area is 137 Å². The molecule has 3 heteroatoms. The van der Waals surface area contributed by atoms with Crippen LogP contribution in [0.3, 0.4) is 0 Å². The fourth-order valence-corrected chi connectivity index (χ4v) is 2.43. The molecule has 0 aromatic heterocycles. The molecular weight excluding hydrogens is 288 g/mol. The summed E-state index contributed by atoms with van der Waals surface area (Å²) in [7, 11) is 0. The minimum atomic E-state index is -0.953. The second kappa shape index (κ2) is 7.63. The third-order valence-corrected chi connectivity index (χ3v) is 3.75. The molecule has 2 rings (SSSR count). The number of benzene rings is 2. The lowest BCUT2D eigenvalue weighted by Gasteiger charge is -2.15. The van der Waals surface area contributed by atoms with Crippen LogP contribution < -0.4 is 4.74 Å². The standard InChI is InChI=1S/C20H22O3/c1-4-5-6-19(20(21)22)23-17-11-9-16(10-12-17)18-13-14(2)7-8-15(18)3/h4,7-13,19H,1,5-6H2,2-3H3,(H,21,22). The van der Waals surface area contributed by atoms with Gasteiger partial charge in [0.2, 0.25) is 0 Å². The molecule has 1 atom stereocenters. The maximum absolute atomic E-state index is 11.2. The number of hydrogen-bond acceptors (Lipinski definition) is 2. The van der Waals surface area contributed by atoms with Gasteiger partial charge in [0, 0.05) is 0 Å². The summed E-state index contributed by atoms with van der Waals surface area (Å²) in [5.74, 6) is -0.388. The summed E-state index contributed by atoms with van der Waals surface area (Å²) in [6, 6.07) is 13.9. The fraction of sp³-hybridized carbons (Fsp3) is 0.250. The number of aryl methyl sites for hydroxylation is 2. The minimum absolute atomic E-state index is 0.414. The van der Waals surface area contributed by atoms with E-state index in [1.807, 2.05) is 24.3 Å². The van der Waals surface area contributed by atoms with E-state index in [0.29, 0.717) is 18.6 Å². The van der Waals surface area contributed by atoms with Crippen LogP contribution in [-0.4, -0.2) is 17.2 Å². The van der Waals surface area contributed by atoms with Crippen molar-refractivity contribution in [1.82, 2.24) is 0 Å². The van der Waals surface area contributed by atoms with Crippen LogP contribution in [-0.2, 0) is 4.79 Å². The molecule has 1 N–H and O–H groups in total. The highest BCUT2D eigenvalue weighted by Gasteiger charge is 2.18. The van der Waals surface area contributed by atoms with Gasteiger partial charge >= 0.3 is 5.97 Å². The average Bonchev–Trinajstić information content (AvgIpc) is 2.54. The summed E-state index contributed by atoms with van der Waals surface area (Å²) in [5, 5.41) is 9.20. The van der Waals surface area contributed by atoms with E-state index in [2.05, 4.69) is 38.6 Å². The van der Waals surface area contributed by atoms with Crippen LogP contribution in [0.4, 0.5) is 0 Å². The van der Waals surface area contributed by atoms with Gasteiger partial charge in [0.25, 0.3) is 0 Å². The molecule has 1 unspecified atom stereocenters. The van der Waals surface area contributed by atoms with Gasteiger partial charge in [0.1, 0.15) is 5.75 Å². The first kappa shape index (κ1) is 16.8. The van der Waals surface area contributed by atoms with Crippen molar-refractivity contribution in [3.05, 3.63) is 66.2 Å². The predicted molar refractivity (Wildman–Crippen MR) is 92.8 cm³/mol. The zero-order valence-electron chi connectivity index (χ0n) is 13.6. The molecule has 0 saturated heterocycles. The summed E-state index contributed by atoms with van der Waals surface area (Å²) in [6.45, 7) is 7.76. The van der Waals surface area contributed by atoms with Crippen molar-refractivity contribution >= 4 is 5.97 Å². The van der Waals surface area contributed by atoms with Crippen molar-refractivity contribution in [2.75, 3.05) is 0 Å². The number of ether oxygens (including phenoxy) is 1. The summed E-state index contributed by atoms with van der Waals surface area (Å²) in [6.07, 6.45) is 1.87. The molecule has 0 saturated carbocycles. The lowest BCUT2D eigenvalue weighted by molar-refractivity contribution is -0.145. The minimum Gasteiger partial charge on any atom is -0.479 e. The van der Waals surface area contributed by atoms with Gasteiger partial charge in [-0.25, -0.2) is 4.79 Å². The summed E-state index contributed by atoms with van der Waals surface area (Å²) < 4.78 is 5.58. The van der Waals surface area contributed by atoms with Crippen LogP contribution in [0.2, 0.25) is 0 Å². The van der Waals surface area contributed by atoms with Gasteiger partial charge in [-0.1, -0.05) is 42.0 Å². The SMILES string of the molecule is C=CCCC(Oc1ccc(-c2cc(C)ccc2C)cc1)C(=O)O. The molecule has 0 aliphatic carbocycles. The highest BCUT2D eigenvalue weighted by Crippen LogP contribution is 2.27. The molecule has 3 nitrogen and oxygen atoms in total. The Kier molecular flexibility index (Phi) is 5.58. The lowest BCUT2D eigenvalue weighted by Crippen LogP contribution is -2.26. The van der Waals surface area contributed by atoms with Crippen LogP contribution in [0.15, 0.2) is 55.1 Å². The highest BCUT2D eigenvalue weighted by atomic mass is 16.5. The Morgan fingerprint density at radius 3 is 2.52 bits per heavy atom. The van der Waals surface area contributed by atoms with Gasteiger partial charge in [0.05, 0.1) is 0 Å². The first-order chi connectivity index (χ1) is 11.0. The van der Waals surface area contributed by atoms with Crippen molar-refractivity contribution in [2.45, 2.75) is 32.8 Å². The number of aliphatic carboxylic acids is 1. The number of rotatable bonds is 7. The topological polar surface area (TPSA) is 46.5 Å². The molecule has 0 radical (unpaired) electrons. The summed E-state index contributed by atoms with van der Waals surface area (Å²) >= 11 is 0. The van der Waals surface area contributed by atoms with E-state index in [1.165, 1.54) is 16.7 Å². The Morgan fingerprint density at radius 1 is 1.22 bits per heavy atom. The largest absolute Gasteiger partial charge is 0.479 e. The molecule has 120 valence electrons. The van der Waals surface area contributed by atoms with Crippen LogP contribution in [0.1, 0.15) is 24.0 Å². The molecule has 0 aliphatic rings. The molecule has 0 bridgehead atoms. The van der Waals surface area contributed by atoms with Gasteiger partial charge in [-0.2, -0.15) is 0 Å². The zero-order valence-corrected chi connectivity index (χ0v) is 13.6. The fourth-order valence-electron chi connectivity index (χ4n) is 2.43. The van der Waals surface area contributed by atoms with Crippen LogP contribution >= 0.6 is 0 Å². The predicted octanol–water partition coefficient (Wildman–Crippen LogP) is 4.77. The van der Waals surface area contributed by atoms with Gasteiger partial charge < -0.3 is 9.84 Å². The second-order valence-electron chi connectivity index (χ2n) is 5.65. The quantitative estimate of drug-likeness (QED) is 0.749. The molecule has 0 heterocycles. The van der Waals surface area contributed by atoms with Crippen molar-refractivity contribution in [3.8, 4) is 16.9 Å². The van der Waals surface area contributed by atoms with Crippen LogP contribution in [0.25, 0.3) is 11.1 Å². The van der Waals surface area contributed by atoms with Crippen molar-refractivity contribution in [2.24, 2.45) is 0 Å². The lowest BCUT2D eigenvalue weighted by atomic mass is 9.98. The van der Waals surface area contributed by atoms with E-state index in [-0.39, 0.29) is 0 Å². The van der Waals surface area contributed by atoms with Crippen LogP contribution in [0, 0.1) is 13.8 Å². The Hall–Kier alpha value is -2.55. The molecule has 0 spiro atoms. The van der Waals surface area contributed by atoms with Crippen LogP contribution in [0.5, 0.6) is 5.75 Å². The van der Waals surface area contributed by atoms with Gasteiger partial charge in [0.15, 0.2) is 6.10 Å². The number of hydrogen-bond donors (Lipinski definition) is 1. The molecule has 0 amide bonds. The molecule has 2 aromatic rings. The van der Waals surface area contributed by atoms with E-state index in [0.717, 1.165) is 5.56 Å². The van der Waals surface area contributed by atoms with Crippen molar-refractivity contribution in [3.63, 3.8) is 0 Å². The molecule has 23 heavy (non-hydrogen) atoms.